The highest BCUT2D eigenvalue weighted by molar-refractivity contribution is 5.95. The van der Waals surface area contributed by atoms with E-state index in [9.17, 15) is 14.3 Å². The molecule has 0 bridgehead atoms. The van der Waals surface area contributed by atoms with Gasteiger partial charge in [-0.25, -0.2) is 4.39 Å². The first-order valence-corrected chi connectivity index (χ1v) is 13.2. The van der Waals surface area contributed by atoms with Crippen LogP contribution in [0.2, 0.25) is 0 Å². The summed E-state index contributed by atoms with van der Waals surface area (Å²) in [5.41, 5.74) is 7.38. The minimum absolute atomic E-state index is 0.0580. The van der Waals surface area contributed by atoms with Gasteiger partial charge in [-0.05, 0) is 48.9 Å². The van der Waals surface area contributed by atoms with Crippen LogP contribution >= 0.6 is 0 Å². The molecular weight excluding hydrogens is 545 g/mol. The summed E-state index contributed by atoms with van der Waals surface area (Å²) in [6.07, 6.45) is 5.59. The summed E-state index contributed by atoms with van der Waals surface area (Å²) >= 11 is 0. The topological polar surface area (TPSA) is 174 Å². The van der Waals surface area contributed by atoms with Gasteiger partial charge in [-0.1, -0.05) is 32.6 Å². The van der Waals surface area contributed by atoms with Gasteiger partial charge in [0.1, 0.15) is 18.2 Å². The Kier molecular flexibility index (Phi) is 15.4. The normalized spacial score (nSPS) is 13.2. The van der Waals surface area contributed by atoms with Crippen LogP contribution in [-0.2, 0) is 12.0 Å². The third-order valence-electron chi connectivity index (χ3n) is 5.83. The Morgan fingerprint density at radius 1 is 1.17 bits per heavy atom. The fourth-order valence-electron chi connectivity index (χ4n) is 3.50. The van der Waals surface area contributed by atoms with Gasteiger partial charge in [-0.2, -0.15) is 0 Å². The second-order valence-electron chi connectivity index (χ2n) is 8.43. The predicted octanol–water partition coefficient (Wildman–Crippen LogP) is 2.91. The lowest BCUT2D eigenvalue weighted by molar-refractivity contribution is 0.0618. The molecule has 0 aliphatic carbocycles. The summed E-state index contributed by atoms with van der Waals surface area (Å²) < 4.78 is 30.1. The third-order valence-corrected chi connectivity index (χ3v) is 5.83. The van der Waals surface area contributed by atoms with Crippen molar-refractivity contribution in [2.75, 3.05) is 34.0 Å². The first-order chi connectivity index (χ1) is 20.1. The van der Waals surface area contributed by atoms with Crippen LogP contribution in [0.4, 0.5) is 4.39 Å². The number of hydrazine groups is 1. The number of rotatable bonds is 15. The molecule has 0 saturated carbocycles. The number of aromatic nitrogens is 1. The molecular formula is C30H42FN5O6. The van der Waals surface area contributed by atoms with Crippen molar-refractivity contribution < 1.29 is 33.6 Å². The number of amides is 1. The van der Waals surface area contributed by atoms with E-state index < -0.39 is 17.3 Å². The minimum atomic E-state index is -1.99. The van der Waals surface area contributed by atoms with E-state index >= 15 is 0 Å². The number of nitrogens with two attached hydrogens (primary N) is 2. The average molecular weight is 588 g/mol. The number of ether oxygens (including phenoxy) is 3. The van der Waals surface area contributed by atoms with E-state index in [1.807, 2.05) is 13.8 Å². The zero-order valence-corrected chi connectivity index (χ0v) is 24.7. The van der Waals surface area contributed by atoms with Crippen LogP contribution in [0.3, 0.4) is 0 Å². The fourth-order valence-corrected chi connectivity index (χ4v) is 3.50. The van der Waals surface area contributed by atoms with Crippen LogP contribution in [0.15, 0.2) is 78.4 Å². The first-order valence-electron chi connectivity index (χ1n) is 13.2. The van der Waals surface area contributed by atoms with E-state index in [1.54, 1.807) is 19.1 Å². The van der Waals surface area contributed by atoms with E-state index in [-0.39, 0.29) is 48.9 Å². The highest BCUT2D eigenvalue weighted by Gasteiger charge is 2.35. The summed E-state index contributed by atoms with van der Waals surface area (Å²) in [5.74, 6) is 5.44. The van der Waals surface area contributed by atoms with Crippen molar-refractivity contribution >= 4 is 5.91 Å². The molecule has 230 valence electrons. The van der Waals surface area contributed by atoms with Gasteiger partial charge in [-0.3, -0.25) is 15.6 Å². The fraction of sp³-hybridized carbons (Fsp3) is 0.333. The lowest BCUT2D eigenvalue weighted by atomic mass is 9.94. The van der Waals surface area contributed by atoms with E-state index in [2.05, 4.69) is 22.3 Å². The molecule has 0 spiro atoms. The highest BCUT2D eigenvalue weighted by atomic mass is 19.1. The second kappa shape index (κ2) is 18.1. The van der Waals surface area contributed by atoms with Crippen molar-refractivity contribution in [3.8, 4) is 17.2 Å². The molecule has 0 fully saturated rings. The summed E-state index contributed by atoms with van der Waals surface area (Å²) in [6.45, 7) is 8.63. The molecule has 42 heavy (non-hydrogen) atoms. The Hall–Kier alpha value is -4.39. The number of carbonyl (C=O) groups is 1. The summed E-state index contributed by atoms with van der Waals surface area (Å²) in [6, 6.07) is 7.57. The maximum absolute atomic E-state index is 14.1. The molecule has 1 heterocycles. The number of hydrogen-bond donors (Lipinski definition) is 6. The van der Waals surface area contributed by atoms with Crippen LogP contribution in [0, 0.1) is 0 Å². The predicted molar refractivity (Wildman–Crippen MR) is 160 cm³/mol. The number of pyridine rings is 1. The van der Waals surface area contributed by atoms with Gasteiger partial charge < -0.3 is 40.9 Å². The van der Waals surface area contributed by atoms with E-state index in [0.29, 0.717) is 22.8 Å². The summed E-state index contributed by atoms with van der Waals surface area (Å²) in [4.78, 5) is 17.5. The Morgan fingerprint density at radius 3 is 2.43 bits per heavy atom. The maximum atomic E-state index is 14.1. The minimum Gasteiger partial charge on any atom is -0.495 e. The highest BCUT2D eigenvalue weighted by Crippen LogP contribution is 2.30. The van der Waals surface area contributed by atoms with Crippen molar-refractivity contribution in [1.29, 1.82) is 0 Å². The van der Waals surface area contributed by atoms with Gasteiger partial charge >= 0.3 is 0 Å². The largest absolute Gasteiger partial charge is 0.495 e. The number of carbonyl (C=O) groups excluding carboxylic acids is 1. The molecule has 0 aliphatic heterocycles. The molecule has 2 rings (SSSR count). The quantitative estimate of drug-likeness (QED) is 0.103. The number of halogens is 1. The third kappa shape index (κ3) is 9.61. The lowest BCUT2D eigenvalue weighted by Crippen LogP contribution is -2.46. The summed E-state index contributed by atoms with van der Waals surface area (Å²) in [5, 5.41) is 23.3. The first kappa shape index (κ1) is 35.6. The van der Waals surface area contributed by atoms with Gasteiger partial charge in [-0.15, -0.1) is 0 Å². The van der Waals surface area contributed by atoms with Crippen molar-refractivity contribution in [3.05, 3.63) is 95.4 Å². The second-order valence-corrected chi connectivity index (χ2v) is 8.43. The number of benzene rings is 1. The number of nitrogens with one attached hydrogen (secondary N) is 2. The number of nitrogens with zero attached hydrogens (tertiary/aromatic N) is 1. The molecule has 1 unspecified atom stereocenters. The molecule has 12 heteroatoms. The van der Waals surface area contributed by atoms with Crippen LogP contribution in [0.1, 0.15) is 42.5 Å². The van der Waals surface area contributed by atoms with Crippen molar-refractivity contribution in [1.82, 2.24) is 15.7 Å². The number of aliphatic hydroxyl groups is 2. The van der Waals surface area contributed by atoms with Crippen molar-refractivity contribution in [2.45, 2.75) is 32.8 Å². The van der Waals surface area contributed by atoms with Crippen LogP contribution < -0.4 is 36.5 Å². The van der Waals surface area contributed by atoms with Gasteiger partial charge in [0.05, 0.1) is 44.5 Å². The number of methoxy groups -OCH3 is 2. The van der Waals surface area contributed by atoms with E-state index in [4.69, 9.17) is 30.9 Å². The molecule has 1 atom stereocenters. The maximum Gasteiger partial charge on any atom is 0.251 e. The van der Waals surface area contributed by atoms with Crippen molar-refractivity contribution in [3.63, 3.8) is 0 Å². The molecule has 1 aromatic carbocycles. The lowest BCUT2D eigenvalue weighted by Gasteiger charge is -2.29. The molecule has 1 aromatic heterocycles. The van der Waals surface area contributed by atoms with Gasteiger partial charge in [0.25, 0.3) is 5.91 Å². The molecule has 2 aromatic rings. The zero-order chi connectivity index (χ0) is 31.7. The Balaban J connectivity index is 0.00000431. The number of aliphatic hydroxyl groups excluding tert-OH is 1. The SMILES string of the molecule is C=C/C(C)=C(F)\C=C/Cc1nc(C(O)(CNC(=O)c2ccc(OCCO)c(OC)c2)/C(N)=C/NN)ccc1OC.CC. The Bertz CT molecular complexity index is 1280. The molecule has 0 aliphatic rings. The average Bonchev–Trinajstić information content (AvgIpc) is 3.02. The van der Waals surface area contributed by atoms with Crippen LogP contribution in [0.5, 0.6) is 17.2 Å². The smallest absolute Gasteiger partial charge is 0.251 e. The molecule has 0 radical (unpaired) electrons. The molecule has 11 nitrogen and oxygen atoms in total. The van der Waals surface area contributed by atoms with E-state index in [0.717, 1.165) is 0 Å². The van der Waals surface area contributed by atoms with Crippen LogP contribution in [0.25, 0.3) is 0 Å². The molecule has 8 N–H and O–H groups in total. The van der Waals surface area contributed by atoms with Crippen molar-refractivity contribution in [2.24, 2.45) is 11.6 Å². The number of allylic oxidation sites excluding steroid dienone is 5. The standard InChI is InChI=1S/C28H36FN5O6.C2H6/c1-5-18(2)20(29)7-6-8-21-22(38-3)11-12-26(34-21)28(37,25(30)16-33-31)17-32-27(36)19-9-10-23(40-14-13-35)24(15-19)39-4;1-2/h5-7,9-12,15-16,33,35,37H,1,8,13-14,17,30-31H2,2-4H3,(H,32,36);1-2H3/b7-6-,20-18+,25-16-;. The monoisotopic (exact) mass is 587 g/mol. The number of hydrogen-bond acceptors (Lipinski definition) is 10. The Labute approximate surface area is 246 Å². The van der Waals surface area contributed by atoms with Crippen LogP contribution in [-0.4, -0.2) is 55.1 Å². The van der Waals surface area contributed by atoms with Gasteiger partial charge in [0.2, 0.25) is 0 Å². The Morgan fingerprint density at radius 2 is 1.83 bits per heavy atom. The molecule has 1 amide bonds. The van der Waals surface area contributed by atoms with Gasteiger partial charge in [0, 0.05) is 18.2 Å². The molecule has 0 saturated heterocycles. The van der Waals surface area contributed by atoms with Gasteiger partial charge in [0.15, 0.2) is 17.1 Å². The zero-order valence-electron chi connectivity index (χ0n) is 24.7. The van der Waals surface area contributed by atoms with E-state index in [1.165, 1.54) is 56.8 Å². The summed E-state index contributed by atoms with van der Waals surface area (Å²) in [7, 11) is 2.87.